The fourth-order valence-corrected chi connectivity index (χ4v) is 4.25. The van der Waals surface area contributed by atoms with Crippen molar-refractivity contribution in [3.8, 4) is 22.7 Å². The second-order valence-electron chi connectivity index (χ2n) is 6.63. The van der Waals surface area contributed by atoms with Gasteiger partial charge >= 0.3 is 5.97 Å². The van der Waals surface area contributed by atoms with Gasteiger partial charge in [0.2, 0.25) is 0 Å². The lowest BCUT2D eigenvalue weighted by atomic mass is 10.1. The molecule has 0 atom stereocenters. The second kappa shape index (κ2) is 8.41. The molecule has 0 radical (unpaired) electrons. The van der Waals surface area contributed by atoms with Gasteiger partial charge < -0.3 is 20.1 Å². The van der Waals surface area contributed by atoms with Gasteiger partial charge in [-0.25, -0.2) is 4.98 Å². The zero-order valence-corrected chi connectivity index (χ0v) is 18.2. The van der Waals surface area contributed by atoms with Crippen molar-refractivity contribution in [2.75, 3.05) is 6.54 Å². The number of carboxylic acids is 1. The van der Waals surface area contributed by atoms with Crippen molar-refractivity contribution in [2.24, 2.45) is 0 Å². The molecular formula is C22H15BrClN3O4. The molecule has 0 fully saturated rings. The SMILES string of the molecule is O=C(O)CNC(=O)c1ncc2c(c1O)c(Br)c(-c1ccc(Cl)cc1)n2-c1ccccc1. The minimum Gasteiger partial charge on any atom is -0.505 e. The van der Waals surface area contributed by atoms with Crippen molar-refractivity contribution in [1.82, 2.24) is 14.9 Å². The van der Waals surface area contributed by atoms with Gasteiger partial charge in [-0.1, -0.05) is 41.9 Å². The lowest BCUT2D eigenvalue weighted by molar-refractivity contribution is -0.135. The number of fused-ring (bicyclic) bond motifs is 1. The maximum absolute atomic E-state index is 12.4. The van der Waals surface area contributed by atoms with Gasteiger partial charge in [-0.3, -0.25) is 9.59 Å². The smallest absolute Gasteiger partial charge is 0.322 e. The average molecular weight is 501 g/mol. The highest BCUT2D eigenvalue weighted by Gasteiger charge is 2.25. The zero-order chi connectivity index (χ0) is 22.1. The minimum absolute atomic E-state index is 0.262. The van der Waals surface area contributed by atoms with Gasteiger partial charge in [-0.2, -0.15) is 0 Å². The summed E-state index contributed by atoms with van der Waals surface area (Å²) in [4.78, 5) is 27.2. The topological polar surface area (TPSA) is 104 Å². The Labute approximate surface area is 190 Å². The maximum atomic E-state index is 12.4. The van der Waals surface area contributed by atoms with Crippen LogP contribution in [0.5, 0.6) is 5.75 Å². The highest BCUT2D eigenvalue weighted by atomic mass is 79.9. The van der Waals surface area contributed by atoms with Crippen LogP contribution in [0.1, 0.15) is 10.5 Å². The summed E-state index contributed by atoms with van der Waals surface area (Å²) in [5.41, 5.74) is 2.69. The third kappa shape index (κ3) is 3.87. The number of aliphatic carboxylic acids is 1. The molecule has 2 aromatic heterocycles. The highest BCUT2D eigenvalue weighted by molar-refractivity contribution is 9.10. The molecule has 2 aromatic carbocycles. The fraction of sp³-hybridized carbons (Fsp3) is 0.0455. The van der Waals surface area contributed by atoms with Crippen molar-refractivity contribution in [3.05, 3.63) is 76.0 Å². The number of carboxylic acid groups (broad SMARTS) is 1. The molecule has 4 rings (SSSR count). The molecule has 1 amide bonds. The number of amides is 1. The zero-order valence-electron chi connectivity index (χ0n) is 15.8. The predicted molar refractivity (Wildman–Crippen MR) is 121 cm³/mol. The molecule has 0 aliphatic heterocycles. The van der Waals surface area contributed by atoms with E-state index in [0.717, 1.165) is 16.9 Å². The Morgan fingerprint density at radius 2 is 1.77 bits per heavy atom. The molecule has 0 unspecified atom stereocenters. The van der Waals surface area contributed by atoms with Gasteiger partial charge in [0.15, 0.2) is 11.4 Å². The minimum atomic E-state index is -1.20. The number of carbonyl (C=O) groups excluding carboxylic acids is 1. The normalized spacial score (nSPS) is 10.9. The summed E-state index contributed by atoms with van der Waals surface area (Å²) in [6.45, 7) is -0.583. The number of nitrogens with one attached hydrogen (secondary N) is 1. The molecule has 7 nitrogen and oxygen atoms in total. The van der Waals surface area contributed by atoms with E-state index < -0.39 is 18.4 Å². The number of para-hydroxylation sites is 1. The molecule has 2 heterocycles. The van der Waals surface area contributed by atoms with Crippen molar-refractivity contribution in [2.45, 2.75) is 0 Å². The Morgan fingerprint density at radius 1 is 1.10 bits per heavy atom. The summed E-state index contributed by atoms with van der Waals surface area (Å²) in [6.07, 6.45) is 1.47. The van der Waals surface area contributed by atoms with Crippen LogP contribution in [0.4, 0.5) is 0 Å². The molecule has 0 aliphatic carbocycles. The van der Waals surface area contributed by atoms with E-state index in [9.17, 15) is 14.7 Å². The predicted octanol–water partition coefficient (Wildman–Crippen LogP) is 4.63. The van der Waals surface area contributed by atoms with Gasteiger partial charge in [0, 0.05) is 10.7 Å². The van der Waals surface area contributed by atoms with Crippen LogP contribution >= 0.6 is 27.5 Å². The Hall–Kier alpha value is -3.36. The number of carbonyl (C=O) groups is 2. The summed E-state index contributed by atoms with van der Waals surface area (Å²) in [7, 11) is 0. The van der Waals surface area contributed by atoms with Gasteiger partial charge in [0.1, 0.15) is 6.54 Å². The van der Waals surface area contributed by atoms with E-state index in [1.165, 1.54) is 6.20 Å². The number of aromatic nitrogens is 2. The van der Waals surface area contributed by atoms with Crippen molar-refractivity contribution in [1.29, 1.82) is 0 Å². The first-order chi connectivity index (χ1) is 14.9. The van der Waals surface area contributed by atoms with E-state index >= 15 is 0 Å². The number of hydrogen-bond donors (Lipinski definition) is 3. The van der Waals surface area contributed by atoms with Crippen LogP contribution < -0.4 is 5.32 Å². The van der Waals surface area contributed by atoms with E-state index in [2.05, 4.69) is 26.2 Å². The number of halogens is 2. The lowest BCUT2D eigenvalue weighted by Crippen LogP contribution is -2.29. The average Bonchev–Trinajstić information content (AvgIpc) is 3.06. The van der Waals surface area contributed by atoms with Crippen LogP contribution in [-0.2, 0) is 4.79 Å². The van der Waals surface area contributed by atoms with E-state index in [4.69, 9.17) is 16.7 Å². The van der Waals surface area contributed by atoms with Crippen LogP contribution in [0.15, 0.2) is 65.3 Å². The van der Waals surface area contributed by atoms with E-state index in [1.807, 2.05) is 47.0 Å². The van der Waals surface area contributed by atoms with Gasteiger partial charge in [-0.05, 0) is 45.8 Å². The van der Waals surface area contributed by atoms with Crippen LogP contribution in [0.2, 0.25) is 5.02 Å². The molecular weight excluding hydrogens is 486 g/mol. The monoisotopic (exact) mass is 499 g/mol. The molecule has 4 aromatic rings. The number of aromatic hydroxyl groups is 1. The largest absolute Gasteiger partial charge is 0.505 e. The molecule has 31 heavy (non-hydrogen) atoms. The molecule has 9 heteroatoms. The molecule has 0 saturated heterocycles. The van der Waals surface area contributed by atoms with Crippen LogP contribution in [0.25, 0.3) is 27.8 Å². The summed E-state index contributed by atoms with van der Waals surface area (Å²) < 4.78 is 2.47. The van der Waals surface area contributed by atoms with Crippen molar-refractivity contribution in [3.63, 3.8) is 0 Å². The Morgan fingerprint density at radius 3 is 2.42 bits per heavy atom. The molecule has 0 saturated carbocycles. The number of rotatable bonds is 5. The third-order valence-electron chi connectivity index (χ3n) is 4.67. The highest BCUT2D eigenvalue weighted by Crippen LogP contribution is 2.44. The number of benzene rings is 2. The molecule has 0 spiro atoms. The first-order valence-electron chi connectivity index (χ1n) is 9.11. The van der Waals surface area contributed by atoms with Crippen molar-refractivity contribution >= 4 is 50.3 Å². The fourth-order valence-electron chi connectivity index (χ4n) is 3.33. The van der Waals surface area contributed by atoms with Crippen molar-refractivity contribution < 1.29 is 19.8 Å². The first kappa shape index (κ1) is 20.9. The first-order valence-corrected chi connectivity index (χ1v) is 10.3. The number of hydrogen-bond acceptors (Lipinski definition) is 4. The van der Waals surface area contributed by atoms with E-state index in [1.54, 1.807) is 12.1 Å². The quantitative estimate of drug-likeness (QED) is 0.371. The Balaban J connectivity index is 1.98. The van der Waals surface area contributed by atoms with E-state index in [-0.39, 0.29) is 11.4 Å². The molecule has 0 bridgehead atoms. The second-order valence-corrected chi connectivity index (χ2v) is 7.86. The van der Waals surface area contributed by atoms with Crippen LogP contribution in [-0.4, -0.2) is 38.2 Å². The summed E-state index contributed by atoms with van der Waals surface area (Å²) >= 11 is 9.64. The summed E-state index contributed by atoms with van der Waals surface area (Å²) in [6, 6.07) is 16.7. The summed E-state index contributed by atoms with van der Waals surface area (Å²) in [5, 5.41) is 22.9. The summed E-state index contributed by atoms with van der Waals surface area (Å²) in [5.74, 6) is -2.33. The van der Waals surface area contributed by atoms with Gasteiger partial charge in [-0.15, -0.1) is 0 Å². The van der Waals surface area contributed by atoms with Crippen LogP contribution in [0.3, 0.4) is 0 Å². The standard InChI is InChI=1S/C22H15BrClN3O4/c23-18-17-15(10-25-19(21(17)30)22(31)26-11-16(28)29)27(14-4-2-1-3-5-14)20(18)12-6-8-13(24)9-7-12/h1-10,30H,11H2,(H,26,31)(H,28,29). The van der Waals surface area contributed by atoms with Gasteiger partial charge in [0.05, 0.1) is 27.3 Å². The van der Waals surface area contributed by atoms with Gasteiger partial charge in [0.25, 0.3) is 5.91 Å². The maximum Gasteiger partial charge on any atom is 0.322 e. The molecule has 3 N–H and O–H groups in total. The molecule has 156 valence electrons. The lowest BCUT2D eigenvalue weighted by Gasteiger charge is -2.12. The number of pyridine rings is 1. The Bertz CT molecular complexity index is 1300. The number of nitrogens with zero attached hydrogens (tertiary/aromatic N) is 2. The molecule has 0 aliphatic rings. The van der Waals surface area contributed by atoms with Crippen LogP contribution in [0, 0.1) is 0 Å². The third-order valence-corrected chi connectivity index (χ3v) is 5.70. The Kier molecular flexibility index (Phi) is 5.67. The van der Waals surface area contributed by atoms with E-state index in [0.29, 0.717) is 20.4 Å².